The van der Waals surface area contributed by atoms with Gasteiger partial charge in [0.25, 0.3) is 0 Å². The van der Waals surface area contributed by atoms with Crippen LogP contribution >= 0.6 is 0 Å². The van der Waals surface area contributed by atoms with Gasteiger partial charge in [-0.2, -0.15) is 13.2 Å². The summed E-state index contributed by atoms with van der Waals surface area (Å²) in [4.78, 5) is 7.66. The lowest BCUT2D eigenvalue weighted by Gasteiger charge is -2.37. The smallest absolute Gasteiger partial charge is 0.422 e. The first-order valence-electron chi connectivity index (χ1n) is 6.92. The Hall–Kier alpha value is -2.15. The number of aliphatic hydroxyl groups is 1. The van der Waals surface area contributed by atoms with Crippen LogP contribution in [0.4, 0.5) is 13.2 Å². The van der Waals surface area contributed by atoms with E-state index in [0.717, 1.165) is 12.1 Å². The third-order valence-corrected chi connectivity index (χ3v) is 3.98. The molecule has 124 valence electrons. The zero-order valence-electron chi connectivity index (χ0n) is 12.9. The number of aryl methyl sites for hydroxylation is 1. The van der Waals surface area contributed by atoms with Gasteiger partial charge in [0.05, 0.1) is 7.11 Å². The molecule has 0 radical (unpaired) electrons. The summed E-state index contributed by atoms with van der Waals surface area (Å²) in [5.41, 5.74) is -2.46. The van der Waals surface area contributed by atoms with Gasteiger partial charge in [0.1, 0.15) is 0 Å². The van der Waals surface area contributed by atoms with Crippen LogP contribution in [0.3, 0.4) is 0 Å². The number of ether oxygens (including phenoxy) is 1. The fourth-order valence-electron chi connectivity index (χ4n) is 2.60. The molecule has 2 rings (SSSR count). The maximum atomic E-state index is 13.7. The summed E-state index contributed by atoms with van der Waals surface area (Å²) in [6, 6.07) is 3.86. The average molecular weight is 326 g/mol. The number of methoxy groups -OCH3 is 1. The van der Waals surface area contributed by atoms with Crippen LogP contribution in [-0.4, -0.2) is 28.4 Å². The van der Waals surface area contributed by atoms with E-state index in [9.17, 15) is 18.3 Å². The molecule has 0 aliphatic rings. The number of nitrogens with zero attached hydrogens (tertiary/aromatic N) is 2. The molecule has 0 spiro atoms. The molecule has 0 aliphatic carbocycles. The monoisotopic (exact) mass is 326 g/mol. The van der Waals surface area contributed by atoms with Crippen molar-refractivity contribution in [2.24, 2.45) is 0 Å². The first-order chi connectivity index (χ1) is 10.7. The molecule has 2 heterocycles. The summed E-state index contributed by atoms with van der Waals surface area (Å²) in [7, 11) is 1.42. The molecular weight excluding hydrogens is 309 g/mol. The van der Waals surface area contributed by atoms with Gasteiger partial charge in [-0.3, -0.25) is 4.98 Å². The van der Waals surface area contributed by atoms with Crippen molar-refractivity contribution in [3.63, 3.8) is 0 Å². The van der Waals surface area contributed by atoms with Crippen LogP contribution in [0.2, 0.25) is 0 Å². The molecule has 0 amide bonds. The Kier molecular flexibility index (Phi) is 4.61. The van der Waals surface area contributed by atoms with Crippen molar-refractivity contribution in [1.82, 2.24) is 9.97 Å². The quantitative estimate of drug-likeness (QED) is 0.936. The predicted molar refractivity (Wildman–Crippen MR) is 78.1 cm³/mol. The van der Waals surface area contributed by atoms with Crippen LogP contribution in [0, 0.1) is 6.92 Å². The van der Waals surface area contributed by atoms with Crippen LogP contribution < -0.4 is 4.74 Å². The van der Waals surface area contributed by atoms with Crippen LogP contribution in [0.5, 0.6) is 5.88 Å². The second-order valence-electron chi connectivity index (χ2n) is 5.30. The Labute approximate surface area is 132 Å². The molecule has 0 saturated carbocycles. The Bertz CT molecular complexity index is 677. The number of hydrogen-bond donors (Lipinski definition) is 1. The molecule has 0 aliphatic heterocycles. The van der Waals surface area contributed by atoms with Crippen molar-refractivity contribution in [2.75, 3.05) is 7.11 Å². The van der Waals surface area contributed by atoms with Crippen LogP contribution in [0.15, 0.2) is 36.8 Å². The van der Waals surface area contributed by atoms with Gasteiger partial charge in [-0.15, -0.1) is 0 Å². The van der Waals surface area contributed by atoms with Crippen molar-refractivity contribution in [1.29, 1.82) is 0 Å². The minimum Gasteiger partial charge on any atom is -0.481 e. The first kappa shape index (κ1) is 17.2. The summed E-state index contributed by atoms with van der Waals surface area (Å²) in [6.07, 6.45) is -1.12. The van der Waals surface area contributed by atoms with E-state index in [1.807, 2.05) is 0 Å². The summed E-state index contributed by atoms with van der Waals surface area (Å²) in [5.74, 6) is -0.957. The van der Waals surface area contributed by atoms with Crippen molar-refractivity contribution in [2.45, 2.75) is 31.5 Å². The normalized spacial score (nSPS) is 15.8. The predicted octanol–water partition coefficient (Wildman–Crippen LogP) is 3.35. The standard InChI is InChI=1S/C16H17F3N2O2/c1-10-8-14(23-3)21-9-13(10)11(2)15(22,16(17,18)19)12-4-6-20-7-5-12/h4-9,11,22H,1-3H3. The molecule has 7 heteroatoms. The van der Waals surface area contributed by atoms with Crippen molar-refractivity contribution in [3.8, 4) is 5.88 Å². The second kappa shape index (κ2) is 6.16. The van der Waals surface area contributed by atoms with Gasteiger partial charge in [0, 0.05) is 30.6 Å². The molecule has 2 aromatic rings. The molecule has 0 aromatic carbocycles. The maximum absolute atomic E-state index is 13.7. The highest BCUT2D eigenvalue weighted by Crippen LogP contribution is 2.48. The summed E-state index contributed by atoms with van der Waals surface area (Å²) < 4.78 is 46.0. The van der Waals surface area contributed by atoms with E-state index in [1.165, 1.54) is 38.7 Å². The van der Waals surface area contributed by atoms with Crippen LogP contribution in [0.25, 0.3) is 0 Å². The fraction of sp³-hybridized carbons (Fsp3) is 0.375. The molecule has 0 fully saturated rings. The highest BCUT2D eigenvalue weighted by atomic mass is 19.4. The van der Waals surface area contributed by atoms with Crippen LogP contribution in [0.1, 0.15) is 29.5 Å². The van der Waals surface area contributed by atoms with E-state index in [1.54, 1.807) is 6.92 Å². The molecule has 0 bridgehead atoms. The average Bonchev–Trinajstić information content (AvgIpc) is 2.53. The molecule has 23 heavy (non-hydrogen) atoms. The Morgan fingerprint density at radius 1 is 1.22 bits per heavy atom. The lowest BCUT2D eigenvalue weighted by Crippen LogP contribution is -2.46. The summed E-state index contributed by atoms with van der Waals surface area (Å²) in [6.45, 7) is 2.98. The second-order valence-corrected chi connectivity index (χ2v) is 5.30. The van der Waals surface area contributed by atoms with Gasteiger partial charge in [0.2, 0.25) is 5.88 Å². The van der Waals surface area contributed by atoms with E-state index < -0.39 is 17.7 Å². The number of rotatable bonds is 4. The van der Waals surface area contributed by atoms with E-state index in [-0.39, 0.29) is 5.56 Å². The molecule has 4 nitrogen and oxygen atoms in total. The topological polar surface area (TPSA) is 55.2 Å². The number of pyridine rings is 2. The zero-order valence-corrected chi connectivity index (χ0v) is 12.9. The number of aromatic nitrogens is 2. The Morgan fingerprint density at radius 2 is 1.83 bits per heavy atom. The van der Waals surface area contributed by atoms with Gasteiger partial charge in [-0.25, -0.2) is 4.98 Å². The highest BCUT2D eigenvalue weighted by Gasteiger charge is 2.58. The van der Waals surface area contributed by atoms with E-state index in [2.05, 4.69) is 9.97 Å². The first-order valence-corrected chi connectivity index (χ1v) is 6.92. The largest absolute Gasteiger partial charge is 0.481 e. The molecule has 1 N–H and O–H groups in total. The Morgan fingerprint density at radius 3 is 2.30 bits per heavy atom. The molecular formula is C16H17F3N2O2. The van der Waals surface area contributed by atoms with E-state index in [0.29, 0.717) is 17.0 Å². The highest BCUT2D eigenvalue weighted by molar-refractivity contribution is 5.36. The van der Waals surface area contributed by atoms with Crippen molar-refractivity contribution < 1.29 is 23.0 Å². The molecule has 0 saturated heterocycles. The summed E-state index contributed by atoms with van der Waals surface area (Å²) >= 11 is 0. The molecule has 2 unspecified atom stereocenters. The third kappa shape index (κ3) is 3.01. The van der Waals surface area contributed by atoms with Gasteiger partial charge in [-0.05, 0) is 35.7 Å². The van der Waals surface area contributed by atoms with E-state index in [4.69, 9.17) is 4.74 Å². The maximum Gasteiger partial charge on any atom is 0.422 e. The lowest BCUT2D eigenvalue weighted by molar-refractivity contribution is -0.274. The Balaban J connectivity index is 2.57. The van der Waals surface area contributed by atoms with Crippen molar-refractivity contribution in [3.05, 3.63) is 53.5 Å². The number of alkyl halides is 3. The summed E-state index contributed by atoms with van der Waals surface area (Å²) in [5, 5.41) is 10.6. The van der Waals surface area contributed by atoms with Crippen molar-refractivity contribution >= 4 is 0 Å². The van der Waals surface area contributed by atoms with Gasteiger partial charge >= 0.3 is 6.18 Å². The number of hydrogen-bond acceptors (Lipinski definition) is 4. The SMILES string of the molecule is COc1cc(C)c(C(C)C(O)(c2ccncc2)C(F)(F)F)cn1. The lowest BCUT2D eigenvalue weighted by atomic mass is 9.77. The third-order valence-electron chi connectivity index (χ3n) is 3.98. The van der Waals surface area contributed by atoms with Gasteiger partial charge in [0.15, 0.2) is 5.60 Å². The van der Waals surface area contributed by atoms with E-state index >= 15 is 0 Å². The van der Waals surface area contributed by atoms with Gasteiger partial charge < -0.3 is 9.84 Å². The molecule has 2 aromatic heterocycles. The fourth-order valence-corrected chi connectivity index (χ4v) is 2.60. The molecule has 2 atom stereocenters. The number of halogens is 3. The van der Waals surface area contributed by atoms with Gasteiger partial charge in [-0.1, -0.05) is 6.92 Å². The minimum atomic E-state index is -4.86. The van der Waals surface area contributed by atoms with Crippen LogP contribution in [-0.2, 0) is 5.60 Å². The zero-order chi connectivity index (χ0) is 17.3. The minimum absolute atomic E-state index is 0.261.